The molecule has 0 amide bonds. The molecule has 10 heteroatoms. The van der Waals surface area contributed by atoms with E-state index in [1.54, 1.807) is 17.9 Å². The second-order valence-corrected chi connectivity index (χ2v) is 9.23. The van der Waals surface area contributed by atoms with Crippen LogP contribution in [-0.4, -0.2) is 32.5 Å². The number of esters is 1. The zero-order valence-electron chi connectivity index (χ0n) is 18.3. The molecular weight excluding hydrogens is 490 g/mol. The van der Waals surface area contributed by atoms with Crippen LogP contribution in [0.25, 0.3) is 0 Å². The van der Waals surface area contributed by atoms with Gasteiger partial charge in [0.2, 0.25) is 5.95 Å². The van der Waals surface area contributed by atoms with Crippen molar-refractivity contribution in [1.29, 1.82) is 0 Å². The SMILES string of the molecule is CCOC(=O)c1cc(Cc2ccccc2)sc1NC(=S)Nc1ncn(Cc2ccccc2Cl)n1. The summed E-state index contributed by atoms with van der Waals surface area (Å²) in [6, 6.07) is 19.5. The van der Waals surface area contributed by atoms with E-state index >= 15 is 0 Å². The van der Waals surface area contributed by atoms with E-state index in [2.05, 4.69) is 20.7 Å². The van der Waals surface area contributed by atoms with Crippen molar-refractivity contribution in [3.63, 3.8) is 0 Å². The second-order valence-electron chi connectivity index (χ2n) is 7.27. The molecule has 0 bridgehead atoms. The minimum absolute atomic E-state index is 0.272. The molecule has 4 rings (SSSR count). The first-order valence-electron chi connectivity index (χ1n) is 10.6. The van der Waals surface area contributed by atoms with Gasteiger partial charge in [-0.05, 0) is 42.4 Å². The van der Waals surface area contributed by atoms with E-state index in [1.807, 2.05) is 60.7 Å². The lowest BCUT2D eigenvalue weighted by molar-refractivity contribution is 0.0528. The van der Waals surface area contributed by atoms with Crippen molar-refractivity contribution in [3.05, 3.63) is 93.6 Å². The molecule has 0 saturated carbocycles. The normalized spacial score (nSPS) is 10.6. The number of thiophene rings is 1. The molecule has 2 heterocycles. The molecule has 4 aromatic rings. The lowest BCUT2D eigenvalue weighted by Gasteiger charge is -2.08. The summed E-state index contributed by atoms with van der Waals surface area (Å²) in [4.78, 5) is 17.8. The summed E-state index contributed by atoms with van der Waals surface area (Å²) < 4.78 is 6.89. The third kappa shape index (κ3) is 6.19. The molecule has 0 unspecified atom stereocenters. The lowest BCUT2D eigenvalue weighted by Crippen LogP contribution is -2.21. The fourth-order valence-corrected chi connectivity index (χ4v) is 4.78. The van der Waals surface area contributed by atoms with Crippen LogP contribution >= 0.6 is 35.2 Å². The van der Waals surface area contributed by atoms with Gasteiger partial charge in [0, 0.05) is 16.3 Å². The number of ether oxygens (including phenoxy) is 1. The van der Waals surface area contributed by atoms with Gasteiger partial charge in [-0.3, -0.25) is 5.32 Å². The maximum Gasteiger partial charge on any atom is 0.341 e. The smallest absolute Gasteiger partial charge is 0.341 e. The van der Waals surface area contributed by atoms with Gasteiger partial charge in [-0.1, -0.05) is 60.1 Å². The molecule has 0 fully saturated rings. The molecule has 34 heavy (non-hydrogen) atoms. The number of benzene rings is 2. The number of nitrogens with one attached hydrogen (secondary N) is 2. The monoisotopic (exact) mass is 511 g/mol. The van der Waals surface area contributed by atoms with Gasteiger partial charge < -0.3 is 10.1 Å². The number of carbonyl (C=O) groups is 1. The predicted octanol–water partition coefficient (Wildman–Crippen LogP) is 5.62. The van der Waals surface area contributed by atoms with Gasteiger partial charge in [0.1, 0.15) is 11.3 Å². The number of nitrogens with zero attached hydrogens (tertiary/aromatic N) is 3. The summed E-state index contributed by atoms with van der Waals surface area (Å²) in [6.45, 7) is 2.55. The molecule has 7 nitrogen and oxygen atoms in total. The Bertz CT molecular complexity index is 1290. The van der Waals surface area contributed by atoms with Crippen molar-refractivity contribution in [2.75, 3.05) is 17.2 Å². The Balaban J connectivity index is 1.45. The third-order valence-corrected chi connectivity index (χ3v) is 6.40. The van der Waals surface area contributed by atoms with Gasteiger partial charge in [-0.15, -0.1) is 16.4 Å². The molecule has 0 aliphatic carbocycles. The highest BCUT2D eigenvalue weighted by Gasteiger charge is 2.19. The molecule has 2 aromatic carbocycles. The van der Waals surface area contributed by atoms with Crippen molar-refractivity contribution < 1.29 is 9.53 Å². The minimum Gasteiger partial charge on any atom is -0.462 e. The Hall–Kier alpha value is -3.27. The van der Waals surface area contributed by atoms with Crippen LogP contribution in [0.5, 0.6) is 0 Å². The van der Waals surface area contributed by atoms with Crippen molar-refractivity contribution >= 4 is 57.2 Å². The van der Waals surface area contributed by atoms with Crippen LogP contribution < -0.4 is 10.6 Å². The highest BCUT2D eigenvalue weighted by atomic mass is 35.5. The predicted molar refractivity (Wildman–Crippen MR) is 140 cm³/mol. The Labute approximate surface area is 211 Å². The first kappa shape index (κ1) is 23.9. The van der Waals surface area contributed by atoms with Gasteiger partial charge in [0.05, 0.1) is 18.7 Å². The summed E-state index contributed by atoms with van der Waals surface area (Å²) in [6.07, 6.45) is 2.30. The third-order valence-electron chi connectivity index (χ3n) is 4.78. The van der Waals surface area contributed by atoms with Crippen molar-refractivity contribution in [1.82, 2.24) is 14.8 Å². The van der Waals surface area contributed by atoms with E-state index in [1.165, 1.54) is 11.3 Å². The Morgan fingerprint density at radius 2 is 1.91 bits per heavy atom. The highest BCUT2D eigenvalue weighted by molar-refractivity contribution is 7.80. The summed E-state index contributed by atoms with van der Waals surface area (Å²) in [5, 5.41) is 12.0. The summed E-state index contributed by atoms with van der Waals surface area (Å²) in [7, 11) is 0. The number of halogens is 1. The van der Waals surface area contributed by atoms with E-state index < -0.39 is 5.97 Å². The number of rotatable bonds is 8. The molecule has 0 aliphatic heterocycles. The summed E-state index contributed by atoms with van der Waals surface area (Å²) in [5.74, 6) is -0.0613. The Morgan fingerprint density at radius 3 is 2.68 bits per heavy atom. The lowest BCUT2D eigenvalue weighted by atomic mass is 10.1. The maximum absolute atomic E-state index is 12.5. The zero-order valence-corrected chi connectivity index (χ0v) is 20.7. The Kier molecular flexibility index (Phi) is 7.89. The topological polar surface area (TPSA) is 81.1 Å². The first-order valence-corrected chi connectivity index (χ1v) is 12.2. The maximum atomic E-state index is 12.5. The van der Waals surface area contributed by atoms with Gasteiger partial charge in [-0.25, -0.2) is 14.5 Å². The summed E-state index contributed by atoms with van der Waals surface area (Å²) >= 11 is 13.1. The van der Waals surface area contributed by atoms with Crippen LogP contribution in [0.3, 0.4) is 0 Å². The molecule has 0 radical (unpaired) electrons. The molecule has 0 aliphatic rings. The van der Waals surface area contributed by atoms with E-state index in [4.69, 9.17) is 28.6 Å². The molecule has 174 valence electrons. The van der Waals surface area contributed by atoms with Crippen LogP contribution in [-0.2, 0) is 17.7 Å². The number of thiocarbonyl (C=S) groups is 1. The van der Waals surface area contributed by atoms with Crippen LogP contribution in [0.15, 0.2) is 67.0 Å². The number of hydrogen-bond acceptors (Lipinski definition) is 6. The van der Waals surface area contributed by atoms with Crippen LogP contribution in [0.4, 0.5) is 10.9 Å². The molecule has 0 atom stereocenters. The van der Waals surface area contributed by atoms with Crippen molar-refractivity contribution in [3.8, 4) is 0 Å². The molecular formula is C24H22ClN5O2S2. The second kappa shape index (κ2) is 11.2. The van der Waals surface area contributed by atoms with Gasteiger partial charge in [0.15, 0.2) is 5.11 Å². The highest BCUT2D eigenvalue weighted by Crippen LogP contribution is 2.31. The van der Waals surface area contributed by atoms with Crippen molar-refractivity contribution in [2.24, 2.45) is 0 Å². The largest absolute Gasteiger partial charge is 0.462 e. The average Bonchev–Trinajstić information content (AvgIpc) is 3.42. The van der Waals surface area contributed by atoms with E-state index in [-0.39, 0.29) is 11.7 Å². The Morgan fingerprint density at radius 1 is 1.15 bits per heavy atom. The fourth-order valence-electron chi connectivity index (χ4n) is 3.24. The van der Waals surface area contributed by atoms with E-state index in [0.29, 0.717) is 34.5 Å². The number of anilines is 2. The number of hydrogen-bond donors (Lipinski definition) is 2. The van der Waals surface area contributed by atoms with Crippen LogP contribution in [0.1, 0.15) is 33.3 Å². The fraction of sp³-hybridized carbons (Fsp3) is 0.167. The standard InChI is InChI=1S/C24H22ClN5O2S2/c1-2-32-22(31)19-13-18(12-16-8-4-3-5-9-16)34-21(19)27-24(33)28-23-26-15-30(29-23)14-17-10-6-7-11-20(17)25/h3-11,13,15H,2,12,14H2,1H3,(H2,27,28,29,33). The summed E-state index contributed by atoms with van der Waals surface area (Å²) in [5.41, 5.74) is 2.53. The molecule has 2 aromatic heterocycles. The number of aromatic nitrogens is 3. The van der Waals surface area contributed by atoms with E-state index in [9.17, 15) is 4.79 Å². The zero-order chi connectivity index (χ0) is 23.9. The first-order chi connectivity index (χ1) is 16.5. The van der Waals surface area contributed by atoms with Crippen LogP contribution in [0, 0.1) is 0 Å². The molecule has 0 saturated heterocycles. The quantitative estimate of drug-likeness (QED) is 0.235. The van der Waals surface area contributed by atoms with Crippen molar-refractivity contribution in [2.45, 2.75) is 19.9 Å². The molecule has 0 spiro atoms. The number of carbonyl (C=O) groups excluding carboxylic acids is 1. The minimum atomic E-state index is -0.398. The van der Waals surface area contributed by atoms with Gasteiger partial charge >= 0.3 is 5.97 Å². The molecule has 2 N–H and O–H groups in total. The average molecular weight is 512 g/mol. The van der Waals surface area contributed by atoms with Gasteiger partial charge in [0.25, 0.3) is 0 Å². The van der Waals surface area contributed by atoms with Crippen LogP contribution in [0.2, 0.25) is 5.02 Å². The van der Waals surface area contributed by atoms with Gasteiger partial charge in [-0.2, -0.15) is 0 Å². The van der Waals surface area contributed by atoms with E-state index in [0.717, 1.165) is 16.0 Å².